The molecule has 2 rings (SSSR count). The lowest BCUT2D eigenvalue weighted by atomic mass is 10.1. The number of H-pyrrole nitrogens is 1. The Balaban J connectivity index is 2.63. The summed E-state index contributed by atoms with van der Waals surface area (Å²) in [6.45, 7) is 1.87. The Morgan fingerprint density at radius 1 is 1.50 bits per heavy atom. The summed E-state index contributed by atoms with van der Waals surface area (Å²) >= 11 is 1.44. The van der Waals surface area contributed by atoms with Gasteiger partial charge < -0.3 is 0 Å². The van der Waals surface area contributed by atoms with Crippen molar-refractivity contribution >= 4 is 11.8 Å². The van der Waals surface area contributed by atoms with Gasteiger partial charge in [-0.05, 0) is 13.2 Å². The minimum Gasteiger partial charge on any atom is -0.285 e. The first-order chi connectivity index (χ1) is 7.76. The molecule has 16 heavy (non-hydrogen) atoms. The molecular formula is C10H9N5S. The van der Waals surface area contributed by atoms with Gasteiger partial charge in [-0.3, -0.25) is 5.10 Å². The van der Waals surface area contributed by atoms with Gasteiger partial charge in [-0.2, -0.15) is 10.4 Å². The van der Waals surface area contributed by atoms with Gasteiger partial charge in [0.25, 0.3) is 0 Å². The van der Waals surface area contributed by atoms with Crippen molar-refractivity contribution in [2.75, 3.05) is 6.26 Å². The number of rotatable bonds is 2. The molecule has 0 bridgehead atoms. The molecule has 0 saturated heterocycles. The Kier molecular flexibility index (Phi) is 2.88. The van der Waals surface area contributed by atoms with Crippen LogP contribution < -0.4 is 0 Å². The molecule has 0 fully saturated rings. The molecule has 2 aromatic rings. The third-order valence-corrected chi connectivity index (χ3v) is 2.72. The lowest BCUT2D eigenvalue weighted by molar-refractivity contribution is 0.968. The van der Waals surface area contributed by atoms with Crippen molar-refractivity contribution in [1.82, 2.24) is 20.2 Å². The van der Waals surface area contributed by atoms with E-state index in [-0.39, 0.29) is 0 Å². The van der Waals surface area contributed by atoms with Crippen molar-refractivity contribution in [2.45, 2.75) is 12.1 Å². The van der Waals surface area contributed by atoms with Gasteiger partial charge in [0.05, 0.1) is 17.0 Å². The zero-order chi connectivity index (χ0) is 11.5. The molecule has 0 amide bonds. The summed E-state index contributed by atoms with van der Waals surface area (Å²) in [6, 6.07) is 2.09. The van der Waals surface area contributed by atoms with Crippen LogP contribution >= 0.6 is 11.8 Å². The largest absolute Gasteiger partial charge is 0.285 e. The lowest BCUT2D eigenvalue weighted by Crippen LogP contribution is -1.94. The summed E-state index contributed by atoms with van der Waals surface area (Å²) < 4.78 is 0. The van der Waals surface area contributed by atoms with E-state index in [1.54, 1.807) is 12.4 Å². The Morgan fingerprint density at radius 2 is 2.31 bits per heavy atom. The summed E-state index contributed by atoms with van der Waals surface area (Å²) in [6.07, 6.45) is 5.18. The highest BCUT2D eigenvalue weighted by molar-refractivity contribution is 7.98. The van der Waals surface area contributed by atoms with Gasteiger partial charge in [-0.25, -0.2) is 9.97 Å². The minimum absolute atomic E-state index is 0.460. The molecule has 80 valence electrons. The van der Waals surface area contributed by atoms with Crippen molar-refractivity contribution in [3.63, 3.8) is 0 Å². The normalized spacial score (nSPS) is 10.1. The zero-order valence-corrected chi connectivity index (χ0v) is 9.67. The number of hydrogen-bond acceptors (Lipinski definition) is 5. The molecule has 5 nitrogen and oxygen atoms in total. The van der Waals surface area contributed by atoms with E-state index in [0.29, 0.717) is 16.4 Å². The maximum absolute atomic E-state index is 9.00. The number of thioether (sulfide) groups is 1. The fourth-order valence-corrected chi connectivity index (χ4v) is 1.69. The molecule has 0 radical (unpaired) electrons. The van der Waals surface area contributed by atoms with Crippen molar-refractivity contribution in [3.8, 4) is 17.3 Å². The maximum Gasteiger partial charge on any atom is 0.187 e. The number of aromatic nitrogens is 4. The second kappa shape index (κ2) is 4.33. The standard InChI is InChI=1S/C10H9N5S/c1-6-8(5-13-15-6)9-7(3-11)4-12-10(14-9)16-2/h4-5H,1-2H3,(H,13,15). The van der Waals surface area contributed by atoms with E-state index in [1.807, 2.05) is 13.2 Å². The van der Waals surface area contributed by atoms with E-state index in [1.165, 1.54) is 11.8 Å². The predicted octanol–water partition coefficient (Wildman–Crippen LogP) is 1.77. The molecule has 2 heterocycles. The third-order valence-electron chi connectivity index (χ3n) is 2.16. The average molecular weight is 231 g/mol. The van der Waals surface area contributed by atoms with Gasteiger partial charge in [-0.15, -0.1) is 0 Å². The first-order valence-corrected chi connectivity index (χ1v) is 5.80. The average Bonchev–Trinajstić information content (AvgIpc) is 2.74. The Bertz CT molecular complexity index is 555. The van der Waals surface area contributed by atoms with Crippen LogP contribution in [0.3, 0.4) is 0 Å². The van der Waals surface area contributed by atoms with Crippen LogP contribution in [0.2, 0.25) is 0 Å². The van der Waals surface area contributed by atoms with Gasteiger partial charge in [0, 0.05) is 18.0 Å². The summed E-state index contributed by atoms with van der Waals surface area (Å²) in [5.74, 6) is 0. The number of aryl methyl sites for hydroxylation is 1. The van der Waals surface area contributed by atoms with E-state index in [4.69, 9.17) is 5.26 Å². The van der Waals surface area contributed by atoms with Crippen molar-refractivity contribution in [1.29, 1.82) is 5.26 Å². The quantitative estimate of drug-likeness (QED) is 0.629. The summed E-state index contributed by atoms with van der Waals surface area (Å²) in [4.78, 5) is 8.40. The number of hydrogen-bond donors (Lipinski definition) is 1. The van der Waals surface area contributed by atoms with Gasteiger partial charge in [-0.1, -0.05) is 11.8 Å². The van der Waals surface area contributed by atoms with Gasteiger partial charge >= 0.3 is 0 Å². The topological polar surface area (TPSA) is 78.2 Å². The number of nitriles is 1. The molecule has 0 aromatic carbocycles. The zero-order valence-electron chi connectivity index (χ0n) is 8.85. The van der Waals surface area contributed by atoms with Crippen LogP contribution in [0.15, 0.2) is 17.6 Å². The summed E-state index contributed by atoms with van der Waals surface area (Å²) in [5, 5.41) is 16.4. The van der Waals surface area contributed by atoms with Crippen molar-refractivity contribution in [3.05, 3.63) is 23.7 Å². The first-order valence-electron chi connectivity index (χ1n) is 4.58. The molecule has 2 aromatic heterocycles. The second-order valence-corrected chi connectivity index (χ2v) is 3.89. The molecule has 1 N–H and O–H groups in total. The third kappa shape index (κ3) is 1.77. The number of nitrogens with one attached hydrogen (secondary N) is 1. The highest BCUT2D eigenvalue weighted by Crippen LogP contribution is 2.24. The van der Waals surface area contributed by atoms with Crippen LogP contribution in [0, 0.1) is 18.3 Å². The predicted molar refractivity (Wildman–Crippen MR) is 60.8 cm³/mol. The SMILES string of the molecule is CSc1ncc(C#N)c(-c2c[nH]nc2C)n1. The highest BCUT2D eigenvalue weighted by atomic mass is 32.2. The molecule has 6 heteroatoms. The molecule has 0 aliphatic rings. The smallest absolute Gasteiger partial charge is 0.187 e. The van der Waals surface area contributed by atoms with Gasteiger partial charge in [0.2, 0.25) is 0 Å². The van der Waals surface area contributed by atoms with Gasteiger partial charge in [0.15, 0.2) is 5.16 Å². The number of nitrogens with zero attached hydrogens (tertiary/aromatic N) is 4. The van der Waals surface area contributed by atoms with E-state index in [9.17, 15) is 0 Å². The summed E-state index contributed by atoms with van der Waals surface area (Å²) in [7, 11) is 0. The van der Waals surface area contributed by atoms with E-state index in [2.05, 4.69) is 26.2 Å². The van der Waals surface area contributed by atoms with Crippen molar-refractivity contribution < 1.29 is 0 Å². The Hall–Kier alpha value is -1.87. The minimum atomic E-state index is 0.460. The van der Waals surface area contributed by atoms with Crippen molar-refractivity contribution in [2.24, 2.45) is 0 Å². The molecule has 0 saturated carbocycles. The van der Waals surface area contributed by atoms with Crippen LogP contribution in [-0.4, -0.2) is 26.4 Å². The monoisotopic (exact) mass is 231 g/mol. The van der Waals surface area contributed by atoms with Crippen LogP contribution in [-0.2, 0) is 0 Å². The van der Waals surface area contributed by atoms with E-state index >= 15 is 0 Å². The molecule has 0 aliphatic heterocycles. The molecule has 0 atom stereocenters. The first kappa shape index (κ1) is 10.6. The Morgan fingerprint density at radius 3 is 2.88 bits per heavy atom. The highest BCUT2D eigenvalue weighted by Gasteiger charge is 2.12. The second-order valence-electron chi connectivity index (χ2n) is 3.12. The fourth-order valence-electron chi connectivity index (χ4n) is 1.35. The molecular weight excluding hydrogens is 222 g/mol. The summed E-state index contributed by atoms with van der Waals surface area (Å²) in [5.41, 5.74) is 2.76. The van der Waals surface area contributed by atoms with Crippen LogP contribution in [0.4, 0.5) is 0 Å². The molecule has 0 unspecified atom stereocenters. The maximum atomic E-state index is 9.00. The number of aromatic amines is 1. The van der Waals surface area contributed by atoms with E-state index in [0.717, 1.165) is 11.3 Å². The van der Waals surface area contributed by atoms with E-state index < -0.39 is 0 Å². The van der Waals surface area contributed by atoms with Gasteiger partial charge in [0.1, 0.15) is 6.07 Å². The molecule has 0 aliphatic carbocycles. The Labute approximate surface area is 96.9 Å². The van der Waals surface area contributed by atoms with Crippen LogP contribution in [0.5, 0.6) is 0 Å². The van der Waals surface area contributed by atoms with Crippen LogP contribution in [0.25, 0.3) is 11.3 Å². The van der Waals surface area contributed by atoms with Crippen LogP contribution in [0.1, 0.15) is 11.3 Å². The fraction of sp³-hybridized carbons (Fsp3) is 0.200. The lowest BCUT2D eigenvalue weighted by Gasteiger charge is -2.02. The molecule has 0 spiro atoms.